The van der Waals surface area contributed by atoms with Crippen LogP contribution in [0, 0.1) is 0 Å². The van der Waals surface area contributed by atoms with Crippen molar-refractivity contribution in [3.63, 3.8) is 0 Å². The molecule has 0 saturated heterocycles. The normalized spacial score (nSPS) is 10.1. The van der Waals surface area contributed by atoms with Gasteiger partial charge in [0.2, 0.25) is 0 Å². The molecule has 0 amide bonds. The second-order valence-electron chi connectivity index (χ2n) is 2.78. The van der Waals surface area contributed by atoms with E-state index >= 15 is 0 Å². The number of anilines is 1. The fraction of sp³-hybridized carbons (Fsp3) is 0.250. The Bertz CT molecular complexity index is 435. The van der Waals surface area contributed by atoms with E-state index in [1.54, 1.807) is 10.9 Å². The zero-order chi connectivity index (χ0) is 9.97. The lowest BCUT2D eigenvalue weighted by molar-refractivity contribution is 0.719. The predicted octanol–water partition coefficient (Wildman–Crippen LogP) is 0.314. The Morgan fingerprint density at radius 1 is 1.36 bits per heavy atom. The summed E-state index contributed by atoms with van der Waals surface area (Å²) in [4.78, 5) is 8.16. The number of aryl methyl sites for hydroxylation is 1. The molecule has 0 aliphatic rings. The molecule has 0 spiro atoms. The molecule has 0 aliphatic heterocycles. The lowest BCUT2D eigenvalue weighted by atomic mass is 10.3. The second kappa shape index (κ2) is 3.41. The molecule has 0 unspecified atom stereocenters. The van der Waals surface area contributed by atoms with E-state index in [1.165, 1.54) is 6.33 Å². The molecule has 2 rings (SSSR count). The quantitative estimate of drug-likeness (QED) is 0.738. The van der Waals surface area contributed by atoms with E-state index in [4.69, 9.17) is 0 Å². The highest BCUT2D eigenvalue weighted by atomic mass is 15.4. The zero-order valence-electron chi connectivity index (χ0n) is 7.97. The van der Waals surface area contributed by atoms with Crippen molar-refractivity contribution in [2.45, 2.75) is 0 Å². The van der Waals surface area contributed by atoms with Gasteiger partial charge in [-0.15, -0.1) is 5.10 Å². The fourth-order valence-corrected chi connectivity index (χ4v) is 1.16. The van der Waals surface area contributed by atoms with E-state index < -0.39 is 0 Å². The van der Waals surface area contributed by atoms with Crippen molar-refractivity contribution in [1.82, 2.24) is 25.0 Å². The average Bonchev–Trinajstić information content (AvgIpc) is 2.65. The molecule has 0 saturated carbocycles. The highest BCUT2D eigenvalue weighted by molar-refractivity contribution is 5.57. The van der Waals surface area contributed by atoms with Crippen LogP contribution in [0.15, 0.2) is 18.6 Å². The van der Waals surface area contributed by atoms with Gasteiger partial charge in [-0.2, -0.15) is 0 Å². The standard InChI is InChI=1S/C8H10N6/c1-9-8-3-6(10-5-11-8)7-4-12-13-14(7)2/h3-5H,1-2H3,(H,9,10,11). The number of nitrogens with zero attached hydrogens (tertiary/aromatic N) is 5. The Kier molecular flexibility index (Phi) is 2.10. The Morgan fingerprint density at radius 3 is 2.86 bits per heavy atom. The first-order valence-corrected chi connectivity index (χ1v) is 4.16. The lowest BCUT2D eigenvalue weighted by Crippen LogP contribution is -1.98. The minimum atomic E-state index is 0.774. The summed E-state index contributed by atoms with van der Waals surface area (Å²) < 4.78 is 1.67. The molecular formula is C8H10N6. The highest BCUT2D eigenvalue weighted by Gasteiger charge is 2.05. The zero-order valence-corrected chi connectivity index (χ0v) is 7.97. The smallest absolute Gasteiger partial charge is 0.129 e. The molecule has 72 valence electrons. The summed E-state index contributed by atoms with van der Waals surface area (Å²) >= 11 is 0. The van der Waals surface area contributed by atoms with Gasteiger partial charge in [0, 0.05) is 20.2 Å². The minimum absolute atomic E-state index is 0.774. The van der Waals surface area contributed by atoms with E-state index in [9.17, 15) is 0 Å². The van der Waals surface area contributed by atoms with Gasteiger partial charge in [0.25, 0.3) is 0 Å². The van der Waals surface area contributed by atoms with Crippen LogP contribution in [0.3, 0.4) is 0 Å². The maximum absolute atomic E-state index is 4.14. The molecule has 2 heterocycles. The monoisotopic (exact) mass is 190 g/mol. The molecule has 0 atom stereocenters. The van der Waals surface area contributed by atoms with Crippen LogP contribution in [-0.4, -0.2) is 32.0 Å². The predicted molar refractivity (Wildman–Crippen MR) is 51.6 cm³/mol. The first-order valence-electron chi connectivity index (χ1n) is 4.16. The maximum Gasteiger partial charge on any atom is 0.129 e. The third-order valence-electron chi connectivity index (χ3n) is 1.90. The summed E-state index contributed by atoms with van der Waals surface area (Å²) in [6.45, 7) is 0. The van der Waals surface area contributed by atoms with Crippen LogP contribution in [0.2, 0.25) is 0 Å². The Morgan fingerprint density at radius 2 is 2.21 bits per heavy atom. The number of aromatic nitrogens is 5. The van der Waals surface area contributed by atoms with E-state index in [0.717, 1.165) is 17.2 Å². The molecule has 0 radical (unpaired) electrons. The van der Waals surface area contributed by atoms with Gasteiger partial charge >= 0.3 is 0 Å². The minimum Gasteiger partial charge on any atom is -0.373 e. The van der Waals surface area contributed by atoms with Gasteiger partial charge in [-0.1, -0.05) is 5.21 Å². The van der Waals surface area contributed by atoms with Crippen LogP contribution < -0.4 is 5.32 Å². The first-order chi connectivity index (χ1) is 6.81. The SMILES string of the molecule is CNc1cc(-c2cnnn2C)ncn1. The Balaban J connectivity index is 2.47. The van der Waals surface area contributed by atoms with Gasteiger partial charge in [-0.3, -0.25) is 0 Å². The van der Waals surface area contributed by atoms with Crippen LogP contribution in [-0.2, 0) is 7.05 Å². The fourth-order valence-electron chi connectivity index (χ4n) is 1.16. The van der Waals surface area contributed by atoms with Crippen molar-refractivity contribution in [2.24, 2.45) is 7.05 Å². The lowest BCUT2D eigenvalue weighted by Gasteiger charge is -2.01. The van der Waals surface area contributed by atoms with E-state index in [2.05, 4.69) is 25.6 Å². The number of rotatable bonds is 2. The van der Waals surface area contributed by atoms with E-state index in [0.29, 0.717) is 0 Å². The van der Waals surface area contributed by atoms with Gasteiger partial charge in [-0.25, -0.2) is 14.6 Å². The molecular weight excluding hydrogens is 180 g/mol. The van der Waals surface area contributed by atoms with Crippen molar-refractivity contribution in [3.8, 4) is 11.4 Å². The van der Waals surface area contributed by atoms with Crippen LogP contribution >= 0.6 is 0 Å². The molecule has 2 aromatic heterocycles. The van der Waals surface area contributed by atoms with Gasteiger partial charge in [0.1, 0.15) is 17.8 Å². The highest BCUT2D eigenvalue weighted by Crippen LogP contribution is 2.15. The molecule has 14 heavy (non-hydrogen) atoms. The summed E-state index contributed by atoms with van der Waals surface area (Å²) in [6, 6.07) is 1.85. The topological polar surface area (TPSA) is 68.5 Å². The molecule has 6 heteroatoms. The number of hydrogen-bond donors (Lipinski definition) is 1. The van der Waals surface area contributed by atoms with Crippen molar-refractivity contribution in [2.75, 3.05) is 12.4 Å². The van der Waals surface area contributed by atoms with Crippen LogP contribution in [0.4, 0.5) is 5.82 Å². The average molecular weight is 190 g/mol. The molecule has 0 aliphatic carbocycles. The molecule has 0 aromatic carbocycles. The van der Waals surface area contributed by atoms with Gasteiger partial charge < -0.3 is 5.32 Å². The van der Waals surface area contributed by atoms with Gasteiger partial charge in [0.15, 0.2) is 0 Å². The molecule has 6 nitrogen and oxygen atoms in total. The maximum atomic E-state index is 4.14. The van der Waals surface area contributed by atoms with E-state index in [1.807, 2.05) is 20.2 Å². The third-order valence-corrected chi connectivity index (χ3v) is 1.90. The molecule has 2 aromatic rings. The van der Waals surface area contributed by atoms with Crippen LogP contribution in [0.25, 0.3) is 11.4 Å². The van der Waals surface area contributed by atoms with Crippen molar-refractivity contribution >= 4 is 5.82 Å². The summed E-state index contributed by atoms with van der Waals surface area (Å²) in [5.74, 6) is 0.774. The Hall–Kier alpha value is -1.98. The van der Waals surface area contributed by atoms with Gasteiger partial charge in [-0.05, 0) is 0 Å². The van der Waals surface area contributed by atoms with E-state index in [-0.39, 0.29) is 0 Å². The number of nitrogens with one attached hydrogen (secondary N) is 1. The summed E-state index contributed by atoms with van der Waals surface area (Å²) in [5.41, 5.74) is 1.67. The molecule has 0 bridgehead atoms. The summed E-state index contributed by atoms with van der Waals surface area (Å²) in [5, 5.41) is 10.6. The second-order valence-corrected chi connectivity index (χ2v) is 2.78. The summed E-state index contributed by atoms with van der Waals surface area (Å²) in [6.07, 6.45) is 3.18. The van der Waals surface area contributed by atoms with Crippen LogP contribution in [0.5, 0.6) is 0 Å². The van der Waals surface area contributed by atoms with Crippen LogP contribution in [0.1, 0.15) is 0 Å². The van der Waals surface area contributed by atoms with Crippen molar-refractivity contribution < 1.29 is 0 Å². The van der Waals surface area contributed by atoms with Crippen molar-refractivity contribution in [3.05, 3.63) is 18.6 Å². The van der Waals surface area contributed by atoms with Gasteiger partial charge in [0.05, 0.1) is 11.9 Å². The Labute approximate surface area is 81.0 Å². The van der Waals surface area contributed by atoms with Crippen molar-refractivity contribution in [1.29, 1.82) is 0 Å². The molecule has 1 N–H and O–H groups in total. The number of hydrogen-bond acceptors (Lipinski definition) is 5. The largest absolute Gasteiger partial charge is 0.373 e. The third kappa shape index (κ3) is 1.41. The first kappa shape index (κ1) is 8.61. The molecule has 0 fully saturated rings. The summed E-state index contributed by atoms with van der Waals surface area (Å²) in [7, 11) is 3.64.